The Kier molecular flexibility index (Phi) is 10.8. The number of aliphatic hydroxyl groups excluding tert-OH is 3. The number of ketones is 1. The smallest absolute Gasteiger partial charge is 0.308 e. The summed E-state index contributed by atoms with van der Waals surface area (Å²) in [5.74, 6) is -1.93. The van der Waals surface area contributed by atoms with E-state index in [-0.39, 0.29) is 30.6 Å². The Balaban J connectivity index is 3.23. The van der Waals surface area contributed by atoms with Crippen LogP contribution in [0.15, 0.2) is 23.8 Å². The first kappa shape index (κ1) is 25.5. The molecule has 1 heterocycles. The molecule has 0 amide bonds. The molecule has 7 atom stereocenters. The Morgan fingerprint density at radius 2 is 1.76 bits per heavy atom. The zero-order valence-electron chi connectivity index (χ0n) is 18.4. The lowest BCUT2D eigenvalue weighted by atomic mass is 9.80. The fraction of sp³-hybridized carbons (Fsp3) is 0.739. The van der Waals surface area contributed by atoms with Crippen LogP contribution in [0.2, 0.25) is 0 Å². The van der Waals surface area contributed by atoms with E-state index in [9.17, 15) is 24.9 Å². The molecule has 0 aromatic heterocycles. The van der Waals surface area contributed by atoms with Gasteiger partial charge in [-0.3, -0.25) is 9.59 Å². The largest absolute Gasteiger partial charge is 0.462 e. The minimum absolute atomic E-state index is 0.0253. The van der Waals surface area contributed by atoms with E-state index in [2.05, 4.69) is 0 Å². The van der Waals surface area contributed by atoms with Gasteiger partial charge in [0.1, 0.15) is 6.10 Å². The lowest BCUT2D eigenvalue weighted by Gasteiger charge is -2.31. The second-order valence-corrected chi connectivity index (χ2v) is 8.36. The number of carbonyl (C=O) groups excluding carboxylic acids is 2. The van der Waals surface area contributed by atoms with Crippen molar-refractivity contribution in [2.24, 2.45) is 23.7 Å². The van der Waals surface area contributed by atoms with Crippen molar-refractivity contribution in [2.75, 3.05) is 6.61 Å². The van der Waals surface area contributed by atoms with Gasteiger partial charge in [-0.05, 0) is 31.8 Å². The maximum Gasteiger partial charge on any atom is 0.308 e. The molecule has 0 aromatic rings. The van der Waals surface area contributed by atoms with Gasteiger partial charge in [-0.15, -0.1) is 0 Å². The first-order valence-electron chi connectivity index (χ1n) is 10.7. The number of hydrogen-bond donors (Lipinski definition) is 3. The number of cyclic esters (lactones) is 1. The van der Waals surface area contributed by atoms with Gasteiger partial charge in [0.2, 0.25) is 0 Å². The molecule has 1 aliphatic rings. The summed E-state index contributed by atoms with van der Waals surface area (Å²) in [5, 5.41) is 31.0. The normalized spacial score (nSPS) is 38.8. The maximum absolute atomic E-state index is 12.5. The molecule has 0 fully saturated rings. The molecule has 3 N–H and O–H groups in total. The summed E-state index contributed by atoms with van der Waals surface area (Å²) in [7, 11) is 0. The van der Waals surface area contributed by atoms with E-state index in [4.69, 9.17) is 4.74 Å². The molecule has 1 aliphatic heterocycles. The number of hydrogen-bond acceptors (Lipinski definition) is 6. The van der Waals surface area contributed by atoms with E-state index in [1.807, 2.05) is 27.7 Å². The van der Waals surface area contributed by atoms with Gasteiger partial charge in [0.05, 0.1) is 25.2 Å². The second-order valence-electron chi connectivity index (χ2n) is 8.36. The van der Waals surface area contributed by atoms with Gasteiger partial charge in [0, 0.05) is 17.8 Å². The van der Waals surface area contributed by atoms with Crippen molar-refractivity contribution in [1.82, 2.24) is 0 Å². The van der Waals surface area contributed by atoms with Gasteiger partial charge in [0.15, 0.2) is 5.78 Å². The summed E-state index contributed by atoms with van der Waals surface area (Å²) >= 11 is 0. The molecule has 166 valence electrons. The molecule has 0 spiro atoms. The number of allylic oxidation sites excluding steroid dienone is 3. The molecule has 0 bridgehead atoms. The van der Waals surface area contributed by atoms with E-state index in [0.29, 0.717) is 19.3 Å². The summed E-state index contributed by atoms with van der Waals surface area (Å²) in [6, 6.07) is 0. The second kappa shape index (κ2) is 12.3. The van der Waals surface area contributed by atoms with E-state index < -0.39 is 36.1 Å². The standard InChI is InChI=1S/C23H38O6/c1-6-17-11-15(4)19(25)9-8-14(3)10-18(13-24)21(7-2)29-22(27)12-20(26)16(5)23(17)28/h8-10,15-18,20-21,23-24,26,28H,6-7,11-13H2,1-5H3/b9-8+,14-10+. The molecule has 0 saturated carbocycles. The minimum atomic E-state index is -1.05. The Morgan fingerprint density at radius 3 is 2.31 bits per heavy atom. The maximum atomic E-state index is 12.5. The van der Waals surface area contributed by atoms with Crippen molar-refractivity contribution in [2.45, 2.75) is 78.6 Å². The van der Waals surface area contributed by atoms with Gasteiger partial charge in [-0.1, -0.05) is 51.8 Å². The number of aliphatic hydroxyl groups is 3. The average molecular weight is 411 g/mol. The lowest BCUT2D eigenvalue weighted by molar-refractivity contribution is -0.155. The van der Waals surface area contributed by atoms with Gasteiger partial charge in [-0.25, -0.2) is 0 Å². The summed E-state index contributed by atoms with van der Waals surface area (Å²) < 4.78 is 5.52. The molecule has 29 heavy (non-hydrogen) atoms. The van der Waals surface area contributed by atoms with Gasteiger partial charge >= 0.3 is 5.97 Å². The molecule has 6 nitrogen and oxygen atoms in total. The first-order chi connectivity index (χ1) is 13.6. The highest BCUT2D eigenvalue weighted by Gasteiger charge is 2.32. The van der Waals surface area contributed by atoms with Crippen LogP contribution in [0.3, 0.4) is 0 Å². The van der Waals surface area contributed by atoms with Crippen molar-refractivity contribution >= 4 is 11.8 Å². The summed E-state index contributed by atoms with van der Waals surface area (Å²) in [6.07, 6.45) is 4.09. The quantitative estimate of drug-likeness (QED) is 0.618. The van der Waals surface area contributed by atoms with Crippen molar-refractivity contribution in [1.29, 1.82) is 0 Å². The highest BCUT2D eigenvalue weighted by Crippen LogP contribution is 2.28. The van der Waals surface area contributed by atoms with Crippen LogP contribution in [0.5, 0.6) is 0 Å². The molecular weight excluding hydrogens is 372 g/mol. The molecule has 0 aliphatic carbocycles. The van der Waals surface area contributed by atoms with E-state index >= 15 is 0 Å². The highest BCUT2D eigenvalue weighted by molar-refractivity contribution is 5.91. The predicted octanol–water partition coefficient (Wildman–Crippen LogP) is 2.80. The van der Waals surface area contributed by atoms with Crippen molar-refractivity contribution < 1.29 is 29.6 Å². The van der Waals surface area contributed by atoms with Crippen LogP contribution in [0.1, 0.15) is 60.3 Å². The zero-order valence-corrected chi connectivity index (χ0v) is 18.4. The minimum Gasteiger partial charge on any atom is -0.462 e. The Labute approximate surface area is 174 Å². The predicted molar refractivity (Wildman–Crippen MR) is 112 cm³/mol. The van der Waals surface area contributed by atoms with Crippen LogP contribution in [0.4, 0.5) is 0 Å². The zero-order chi connectivity index (χ0) is 22.1. The Hall–Kier alpha value is -1.50. The highest BCUT2D eigenvalue weighted by atomic mass is 16.5. The third-order valence-corrected chi connectivity index (χ3v) is 6.03. The monoisotopic (exact) mass is 410 g/mol. The summed E-state index contributed by atoms with van der Waals surface area (Å²) in [4.78, 5) is 24.9. The summed E-state index contributed by atoms with van der Waals surface area (Å²) in [5.41, 5.74) is 0.798. The van der Waals surface area contributed by atoms with Crippen LogP contribution < -0.4 is 0 Å². The van der Waals surface area contributed by atoms with Gasteiger partial charge in [-0.2, -0.15) is 0 Å². The average Bonchev–Trinajstić information content (AvgIpc) is 2.70. The first-order valence-corrected chi connectivity index (χ1v) is 10.7. The molecule has 7 unspecified atom stereocenters. The third kappa shape index (κ3) is 7.68. The summed E-state index contributed by atoms with van der Waals surface area (Å²) in [6.45, 7) is 8.99. The van der Waals surface area contributed by atoms with Crippen LogP contribution in [-0.2, 0) is 14.3 Å². The van der Waals surface area contributed by atoms with E-state index in [0.717, 1.165) is 5.57 Å². The third-order valence-electron chi connectivity index (χ3n) is 6.03. The number of esters is 1. The number of ether oxygens (including phenoxy) is 1. The molecule has 0 radical (unpaired) electrons. The van der Waals surface area contributed by atoms with Crippen molar-refractivity contribution in [3.05, 3.63) is 23.8 Å². The number of carbonyl (C=O) groups is 2. The topological polar surface area (TPSA) is 104 Å². The number of rotatable bonds is 3. The van der Waals surface area contributed by atoms with Crippen molar-refractivity contribution in [3.63, 3.8) is 0 Å². The van der Waals surface area contributed by atoms with Gasteiger partial charge < -0.3 is 20.1 Å². The van der Waals surface area contributed by atoms with Crippen LogP contribution in [-0.4, -0.2) is 52.0 Å². The molecule has 1 rings (SSSR count). The SMILES string of the molecule is CCC1CC(C)C(=O)/C=C/C(C)=C/C(CO)C(CC)OC(=O)CC(O)C(C)C1O. The molecular formula is C23H38O6. The van der Waals surface area contributed by atoms with E-state index in [1.165, 1.54) is 6.08 Å². The molecule has 0 saturated heterocycles. The lowest BCUT2D eigenvalue weighted by Crippen LogP contribution is -2.38. The van der Waals surface area contributed by atoms with E-state index in [1.54, 1.807) is 19.1 Å². The Morgan fingerprint density at radius 1 is 1.10 bits per heavy atom. The van der Waals surface area contributed by atoms with Crippen LogP contribution in [0, 0.1) is 23.7 Å². The Bertz CT molecular complexity index is 596. The fourth-order valence-corrected chi connectivity index (χ4v) is 3.87. The molecule has 6 heteroatoms. The van der Waals surface area contributed by atoms with Gasteiger partial charge in [0.25, 0.3) is 0 Å². The molecule has 0 aromatic carbocycles. The fourth-order valence-electron chi connectivity index (χ4n) is 3.87. The van der Waals surface area contributed by atoms with Crippen LogP contribution in [0.25, 0.3) is 0 Å². The van der Waals surface area contributed by atoms with Crippen LogP contribution >= 0.6 is 0 Å². The van der Waals surface area contributed by atoms with Crippen molar-refractivity contribution in [3.8, 4) is 0 Å².